The molecular formula is C20H31N3O2. The topological polar surface area (TPSA) is 36.0 Å². The molecule has 138 valence electrons. The van der Waals surface area contributed by atoms with Crippen molar-refractivity contribution in [2.45, 2.75) is 32.1 Å². The van der Waals surface area contributed by atoms with Crippen molar-refractivity contribution < 1.29 is 9.53 Å². The van der Waals surface area contributed by atoms with Crippen LogP contribution in [0.3, 0.4) is 0 Å². The molecule has 2 heterocycles. The van der Waals surface area contributed by atoms with Crippen molar-refractivity contribution in [2.24, 2.45) is 0 Å². The van der Waals surface area contributed by atoms with Crippen molar-refractivity contribution in [2.75, 3.05) is 57.8 Å². The molecule has 2 saturated heterocycles. The third-order valence-electron chi connectivity index (χ3n) is 5.41. The van der Waals surface area contributed by atoms with E-state index in [0.29, 0.717) is 12.3 Å². The summed E-state index contributed by atoms with van der Waals surface area (Å²) in [7, 11) is 1.69. The Morgan fingerprint density at radius 3 is 2.16 bits per heavy atom. The summed E-state index contributed by atoms with van der Waals surface area (Å²) in [5, 5.41) is 0. The quantitative estimate of drug-likeness (QED) is 0.822. The lowest BCUT2D eigenvalue weighted by atomic mass is 10.2. The van der Waals surface area contributed by atoms with Gasteiger partial charge in [-0.25, -0.2) is 0 Å². The van der Waals surface area contributed by atoms with Gasteiger partial charge >= 0.3 is 0 Å². The second-order valence-corrected chi connectivity index (χ2v) is 7.07. The zero-order valence-electron chi connectivity index (χ0n) is 15.5. The molecule has 0 unspecified atom stereocenters. The van der Waals surface area contributed by atoms with Gasteiger partial charge in [0, 0.05) is 44.8 Å². The van der Waals surface area contributed by atoms with Gasteiger partial charge in [-0.2, -0.15) is 0 Å². The number of methoxy groups -OCH3 is 1. The highest BCUT2D eigenvalue weighted by atomic mass is 16.5. The fourth-order valence-electron chi connectivity index (χ4n) is 3.78. The summed E-state index contributed by atoms with van der Waals surface area (Å²) >= 11 is 0. The number of ether oxygens (including phenoxy) is 1. The number of amides is 1. The van der Waals surface area contributed by atoms with Crippen molar-refractivity contribution in [1.29, 1.82) is 0 Å². The SMILES string of the molecule is COc1ccc(N2CCN(C(=O)CCN3CCCCCC3)CC2)cc1. The van der Waals surface area contributed by atoms with E-state index in [4.69, 9.17) is 4.74 Å². The molecule has 0 saturated carbocycles. The largest absolute Gasteiger partial charge is 0.497 e. The zero-order chi connectivity index (χ0) is 17.5. The molecule has 2 aliphatic rings. The Morgan fingerprint density at radius 2 is 1.56 bits per heavy atom. The molecule has 0 N–H and O–H groups in total. The smallest absolute Gasteiger partial charge is 0.223 e. The van der Waals surface area contributed by atoms with E-state index in [2.05, 4.69) is 21.9 Å². The van der Waals surface area contributed by atoms with Crippen LogP contribution in [0.4, 0.5) is 5.69 Å². The lowest BCUT2D eigenvalue weighted by Gasteiger charge is -2.36. The van der Waals surface area contributed by atoms with E-state index in [1.54, 1.807) is 7.11 Å². The first-order valence-electron chi connectivity index (χ1n) is 9.65. The Morgan fingerprint density at radius 1 is 0.920 bits per heavy atom. The molecule has 0 radical (unpaired) electrons. The van der Waals surface area contributed by atoms with E-state index in [1.165, 1.54) is 44.5 Å². The summed E-state index contributed by atoms with van der Waals surface area (Å²) < 4.78 is 5.21. The first-order chi connectivity index (χ1) is 12.3. The van der Waals surface area contributed by atoms with Gasteiger partial charge in [-0.1, -0.05) is 12.8 Å². The number of benzene rings is 1. The maximum Gasteiger partial charge on any atom is 0.223 e. The molecule has 0 spiro atoms. The van der Waals surface area contributed by atoms with Crippen LogP contribution in [0.15, 0.2) is 24.3 Å². The number of likely N-dealkylation sites (tertiary alicyclic amines) is 1. The molecule has 2 fully saturated rings. The fourth-order valence-corrected chi connectivity index (χ4v) is 3.78. The van der Waals surface area contributed by atoms with Crippen molar-refractivity contribution in [1.82, 2.24) is 9.80 Å². The van der Waals surface area contributed by atoms with Crippen LogP contribution < -0.4 is 9.64 Å². The minimum Gasteiger partial charge on any atom is -0.497 e. The van der Waals surface area contributed by atoms with Crippen LogP contribution >= 0.6 is 0 Å². The molecule has 3 rings (SSSR count). The number of carbonyl (C=O) groups excluding carboxylic acids is 1. The Kier molecular flexibility index (Phi) is 6.56. The summed E-state index contributed by atoms with van der Waals surface area (Å²) in [4.78, 5) is 19.4. The highest BCUT2D eigenvalue weighted by Crippen LogP contribution is 2.20. The highest BCUT2D eigenvalue weighted by molar-refractivity contribution is 5.76. The molecule has 0 aromatic heterocycles. The molecule has 1 amide bonds. The Labute approximate surface area is 151 Å². The van der Waals surface area contributed by atoms with Crippen LogP contribution in [-0.4, -0.2) is 68.6 Å². The number of hydrogen-bond donors (Lipinski definition) is 0. The number of hydrogen-bond acceptors (Lipinski definition) is 4. The van der Waals surface area contributed by atoms with Gasteiger partial charge in [0.2, 0.25) is 5.91 Å². The van der Waals surface area contributed by atoms with Gasteiger partial charge in [-0.15, -0.1) is 0 Å². The second kappa shape index (κ2) is 9.09. The van der Waals surface area contributed by atoms with E-state index >= 15 is 0 Å². The normalized spacial score (nSPS) is 19.6. The summed E-state index contributed by atoms with van der Waals surface area (Å²) in [5.41, 5.74) is 1.21. The molecule has 5 nitrogen and oxygen atoms in total. The second-order valence-electron chi connectivity index (χ2n) is 7.07. The summed E-state index contributed by atoms with van der Waals surface area (Å²) in [6, 6.07) is 8.17. The van der Waals surface area contributed by atoms with Gasteiger partial charge in [0.15, 0.2) is 0 Å². The molecule has 1 aromatic rings. The van der Waals surface area contributed by atoms with E-state index in [0.717, 1.165) is 38.5 Å². The Hall–Kier alpha value is -1.75. The van der Waals surface area contributed by atoms with E-state index in [1.807, 2.05) is 17.0 Å². The number of rotatable bonds is 5. The van der Waals surface area contributed by atoms with Gasteiger partial charge in [-0.3, -0.25) is 4.79 Å². The minimum absolute atomic E-state index is 0.318. The lowest BCUT2D eigenvalue weighted by molar-refractivity contribution is -0.131. The van der Waals surface area contributed by atoms with Crippen LogP contribution in [0.5, 0.6) is 5.75 Å². The maximum absolute atomic E-state index is 12.5. The third-order valence-corrected chi connectivity index (χ3v) is 5.41. The first kappa shape index (κ1) is 18.1. The molecule has 1 aromatic carbocycles. The number of carbonyl (C=O) groups is 1. The van der Waals surface area contributed by atoms with Crippen molar-refractivity contribution >= 4 is 11.6 Å². The van der Waals surface area contributed by atoms with Crippen LogP contribution in [-0.2, 0) is 4.79 Å². The van der Waals surface area contributed by atoms with Crippen LogP contribution in [0.25, 0.3) is 0 Å². The zero-order valence-corrected chi connectivity index (χ0v) is 15.5. The molecular weight excluding hydrogens is 314 g/mol. The minimum atomic E-state index is 0.318. The Balaban J connectivity index is 1.42. The van der Waals surface area contributed by atoms with E-state index in [-0.39, 0.29) is 0 Å². The van der Waals surface area contributed by atoms with Crippen LogP contribution in [0, 0.1) is 0 Å². The maximum atomic E-state index is 12.5. The van der Waals surface area contributed by atoms with Gasteiger partial charge < -0.3 is 19.4 Å². The highest BCUT2D eigenvalue weighted by Gasteiger charge is 2.21. The first-order valence-corrected chi connectivity index (χ1v) is 9.65. The average molecular weight is 345 g/mol. The molecule has 0 bridgehead atoms. The van der Waals surface area contributed by atoms with Crippen LogP contribution in [0.1, 0.15) is 32.1 Å². The standard InChI is InChI=1S/C20H31N3O2/c1-25-19-8-6-18(7-9-19)22-14-16-23(17-15-22)20(24)10-13-21-11-4-2-3-5-12-21/h6-9H,2-5,10-17H2,1H3. The molecule has 0 atom stereocenters. The molecule has 5 heteroatoms. The van der Waals surface area contributed by atoms with Crippen molar-refractivity contribution in [3.63, 3.8) is 0 Å². The van der Waals surface area contributed by atoms with E-state index < -0.39 is 0 Å². The Bertz CT molecular complexity index is 530. The van der Waals surface area contributed by atoms with Crippen LogP contribution in [0.2, 0.25) is 0 Å². The van der Waals surface area contributed by atoms with Gasteiger partial charge in [0.1, 0.15) is 5.75 Å². The molecule has 25 heavy (non-hydrogen) atoms. The average Bonchev–Trinajstić information content (AvgIpc) is 2.95. The number of piperazine rings is 1. The van der Waals surface area contributed by atoms with Gasteiger partial charge in [-0.05, 0) is 50.2 Å². The monoisotopic (exact) mass is 345 g/mol. The van der Waals surface area contributed by atoms with Crippen molar-refractivity contribution in [3.8, 4) is 5.75 Å². The summed E-state index contributed by atoms with van der Waals surface area (Å²) in [6.45, 7) is 6.72. The molecule has 0 aliphatic carbocycles. The van der Waals surface area contributed by atoms with Gasteiger partial charge in [0.05, 0.1) is 7.11 Å². The predicted octanol–water partition coefficient (Wildman–Crippen LogP) is 2.61. The predicted molar refractivity (Wildman–Crippen MR) is 101 cm³/mol. The van der Waals surface area contributed by atoms with E-state index in [9.17, 15) is 4.79 Å². The fraction of sp³-hybridized carbons (Fsp3) is 0.650. The summed E-state index contributed by atoms with van der Waals surface area (Å²) in [6.07, 6.45) is 5.93. The van der Waals surface area contributed by atoms with Gasteiger partial charge in [0.25, 0.3) is 0 Å². The lowest BCUT2D eigenvalue weighted by Crippen LogP contribution is -2.49. The number of nitrogens with zero attached hydrogens (tertiary/aromatic N) is 3. The van der Waals surface area contributed by atoms with Crippen molar-refractivity contribution in [3.05, 3.63) is 24.3 Å². The number of anilines is 1. The third kappa shape index (κ3) is 5.11. The molecule has 2 aliphatic heterocycles. The summed E-state index contributed by atoms with van der Waals surface area (Å²) in [5.74, 6) is 1.20.